The molecule has 0 aromatic heterocycles. The quantitative estimate of drug-likeness (QED) is 0.632. The highest BCUT2D eigenvalue weighted by molar-refractivity contribution is 5.78. The maximum atomic E-state index is 11.6. The number of aliphatic hydroxyl groups is 1. The first-order valence-electron chi connectivity index (χ1n) is 5.45. The van der Waals surface area contributed by atoms with E-state index in [9.17, 15) is 14.7 Å². The molecular weight excluding hydrogens is 236 g/mol. The van der Waals surface area contributed by atoms with Crippen molar-refractivity contribution in [3.05, 3.63) is 29.8 Å². The lowest BCUT2D eigenvalue weighted by Gasteiger charge is -2.16. The second-order valence-corrected chi connectivity index (χ2v) is 4.95. The molecule has 5 heteroatoms. The Hall–Kier alpha value is -1.88. The Bertz CT molecular complexity index is 441. The summed E-state index contributed by atoms with van der Waals surface area (Å²) < 4.78 is 5.11. The SMILES string of the molecule is CC(C)(C)C(=O)Oc1ccc(C(O)C(=O)O)cc1. The Labute approximate surface area is 105 Å². The minimum absolute atomic E-state index is 0.234. The fourth-order valence-corrected chi connectivity index (χ4v) is 1.12. The van der Waals surface area contributed by atoms with Crippen LogP contribution in [0.3, 0.4) is 0 Å². The maximum absolute atomic E-state index is 11.6. The molecule has 1 aromatic carbocycles. The minimum atomic E-state index is -1.57. The molecule has 0 aliphatic heterocycles. The van der Waals surface area contributed by atoms with Crippen LogP contribution in [0.5, 0.6) is 5.75 Å². The van der Waals surface area contributed by atoms with Crippen molar-refractivity contribution < 1.29 is 24.5 Å². The number of carboxylic acids is 1. The number of aliphatic carboxylic acids is 1. The molecule has 0 radical (unpaired) electrons. The summed E-state index contributed by atoms with van der Waals surface area (Å²) in [4.78, 5) is 22.2. The predicted molar refractivity (Wildman–Crippen MR) is 64.1 cm³/mol. The average molecular weight is 252 g/mol. The van der Waals surface area contributed by atoms with E-state index in [1.54, 1.807) is 20.8 Å². The molecular formula is C13H16O5. The molecule has 0 bridgehead atoms. The molecule has 1 rings (SSSR count). The second-order valence-electron chi connectivity index (χ2n) is 4.95. The van der Waals surface area contributed by atoms with Gasteiger partial charge < -0.3 is 14.9 Å². The molecule has 5 nitrogen and oxygen atoms in total. The van der Waals surface area contributed by atoms with Gasteiger partial charge in [0, 0.05) is 0 Å². The number of aliphatic hydroxyl groups excluding tert-OH is 1. The number of hydrogen-bond acceptors (Lipinski definition) is 4. The van der Waals surface area contributed by atoms with Gasteiger partial charge >= 0.3 is 11.9 Å². The monoisotopic (exact) mass is 252 g/mol. The van der Waals surface area contributed by atoms with Gasteiger partial charge in [-0.05, 0) is 38.5 Å². The standard InChI is InChI=1S/C13H16O5/c1-13(2,3)12(17)18-9-6-4-8(5-7-9)10(14)11(15)16/h4-7,10,14H,1-3H3,(H,15,16). The third-order valence-electron chi connectivity index (χ3n) is 2.25. The van der Waals surface area contributed by atoms with Crippen LogP contribution < -0.4 is 4.74 Å². The molecule has 1 unspecified atom stereocenters. The van der Waals surface area contributed by atoms with Crippen molar-refractivity contribution in [3.8, 4) is 5.75 Å². The summed E-state index contributed by atoms with van der Waals surface area (Å²) in [5.74, 6) is -1.39. The smallest absolute Gasteiger partial charge is 0.337 e. The summed E-state index contributed by atoms with van der Waals surface area (Å²) in [6.07, 6.45) is -1.57. The summed E-state index contributed by atoms with van der Waals surface area (Å²) in [7, 11) is 0. The van der Waals surface area contributed by atoms with Crippen LogP contribution in [-0.2, 0) is 9.59 Å². The van der Waals surface area contributed by atoms with Crippen LogP contribution in [0, 0.1) is 5.41 Å². The van der Waals surface area contributed by atoms with Crippen molar-refractivity contribution in [2.45, 2.75) is 26.9 Å². The van der Waals surface area contributed by atoms with Crippen LogP contribution in [0.2, 0.25) is 0 Å². The molecule has 0 saturated carbocycles. The lowest BCUT2D eigenvalue weighted by atomic mass is 9.97. The Kier molecular flexibility index (Phi) is 4.08. The van der Waals surface area contributed by atoms with Crippen molar-refractivity contribution in [2.75, 3.05) is 0 Å². The molecule has 0 saturated heterocycles. The molecule has 0 spiro atoms. The lowest BCUT2D eigenvalue weighted by molar-refractivity contribution is -0.147. The van der Waals surface area contributed by atoms with Gasteiger partial charge in [-0.2, -0.15) is 0 Å². The summed E-state index contributed by atoms with van der Waals surface area (Å²) in [6, 6.07) is 5.71. The highest BCUT2D eigenvalue weighted by atomic mass is 16.5. The van der Waals surface area contributed by atoms with Crippen LogP contribution in [0.4, 0.5) is 0 Å². The van der Waals surface area contributed by atoms with Gasteiger partial charge in [-0.25, -0.2) is 4.79 Å². The highest BCUT2D eigenvalue weighted by Gasteiger charge is 2.24. The lowest BCUT2D eigenvalue weighted by Crippen LogP contribution is -2.25. The number of carbonyl (C=O) groups excluding carboxylic acids is 1. The normalized spacial score (nSPS) is 12.9. The average Bonchev–Trinajstić information content (AvgIpc) is 2.27. The van der Waals surface area contributed by atoms with E-state index >= 15 is 0 Å². The van der Waals surface area contributed by atoms with E-state index in [1.165, 1.54) is 24.3 Å². The fourth-order valence-electron chi connectivity index (χ4n) is 1.12. The van der Waals surface area contributed by atoms with E-state index in [2.05, 4.69) is 0 Å². The van der Waals surface area contributed by atoms with E-state index in [0.29, 0.717) is 5.75 Å². The zero-order chi connectivity index (χ0) is 13.9. The number of hydrogen-bond donors (Lipinski definition) is 2. The molecule has 1 aromatic rings. The topological polar surface area (TPSA) is 83.8 Å². The summed E-state index contributed by atoms with van der Waals surface area (Å²) in [5, 5.41) is 17.9. The Morgan fingerprint density at radius 3 is 2.06 bits per heavy atom. The van der Waals surface area contributed by atoms with Gasteiger partial charge in [0.1, 0.15) is 5.75 Å². The molecule has 98 valence electrons. The molecule has 0 fully saturated rings. The maximum Gasteiger partial charge on any atom is 0.337 e. The van der Waals surface area contributed by atoms with Gasteiger partial charge in [0.25, 0.3) is 0 Å². The van der Waals surface area contributed by atoms with Crippen molar-refractivity contribution in [1.82, 2.24) is 0 Å². The minimum Gasteiger partial charge on any atom is -0.479 e. The largest absolute Gasteiger partial charge is 0.479 e. The van der Waals surface area contributed by atoms with Gasteiger partial charge in [0.15, 0.2) is 6.10 Å². The van der Waals surface area contributed by atoms with Gasteiger partial charge in [0.05, 0.1) is 5.41 Å². The Balaban J connectivity index is 2.78. The number of carbonyl (C=O) groups is 2. The van der Waals surface area contributed by atoms with E-state index in [-0.39, 0.29) is 11.5 Å². The second kappa shape index (κ2) is 5.18. The first-order valence-corrected chi connectivity index (χ1v) is 5.45. The van der Waals surface area contributed by atoms with E-state index in [4.69, 9.17) is 9.84 Å². The van der Waals surface area contributed by atoms with Crippen molar-refractivity contribution >= 4 is 11.9 Å². The van der Waals surface area contributed by atoms with Crippen molar-refractivity contribution in [2.24, 2.45) is 5.41 Å². The van der Waals surface area contributed by atoms with Gasteiger partial charge in [0.2, 0.25) is 0 Å². The number of benzene rings is 1. The van der Waals surface area contributed by atoms with Crippen LogP contribution in [0.1, 0.15) is 32.4 Å². The molecule has 0 heterocycles. The molecule has 1 atom stereocenters. The number of carboxylic acid groups (broad SMARTS) is 1. The van der Waals surface area contributed by atoms with Gasteiger partial charge in [-0.15, -0.1) is 0 Å². The van der Waals surface area contributed by atoms with Crippen LogP contribution in [0.15, 0.2) is 24.3 Å². The molecule has 0 amide bonds. The molecule has 0 aliphatic rings. The summed E-state index contributed by atoms with van der Waals surface area (Å²) in [6.45, 7) is 5.20. The van der Waals surface area contributed by atoms with Crippen molar-refractivity contribution in [1.29, 1.82) is 0 Å². The Morgan fingerprint density at radius 1 is 1.17 bits per heavy atom. The zero-order valence-electron chi connectivity index (χ0n) is 10.5. The van der Waals surface area contributed by atoms with Crippen LogP contribution in [0.25, 0.3) is 0 Å². The fraction of sp³-hybridized carbons (Fsp3) is 0.385. The zero-order valence-corrected chi connectivity index (χ0v) is 10.5. The number of esters is 1. The highest BCUT2D eigenvalue weighted by Crippen LogP contribution is 2.21. The van der Waals surface area contributed by atoms with E-state index in [0.717, 1.165) is 0 Å². The van der Waals surface area contributed by atoms with E-state index in [1.807, 2.05) is 0 Å². The summed E-state index contributed by atoms with van der Waals surface area (Å²) in [5.41, 5.74) is -0.378. The number of rotatable bonds is 3. The number of ether oxygens (including phenoxy) is 1. The first-order chi connectivity index (χ1) is 8.21. The molecule has 2 N–H and O–H groups in total. The molecule has 18 heavy (non-hydrogen) atoms. The summed E-state index contributed by atoms with van der Waals surface area (Å²) >= 11 is 0. The van der Waals surface area contributed by atoms with Crippen LogP contribution >= 0.6 is 0 Å². The first kappa shape index (κ1) is 14.2. The van der Waals surface area contributed by atoms with Gasteiger partial charge in [-0.3, -0.25) is 4.79 Å². The predicted octanol–water partition coefficient (Wildman–Crippen LogP) is 1.76. The van der Waals surface area contributed by atoms with E-state index < -0.39 is 17.5 Å². The third kappa shape index (κ3) is 3.56. The Morgan fingerprint density at radius 2 is 1.67 bits per heavy atom. The third-order valence-corrected chi connectivity index (χ3v) is 2.25. The van der Waals surface area contributed by atoms with Crippen molar-refractivity contribution in [3.63, 3.8) is 0 Å². The van der Waals surface area contributed by atoms with Crippen LogP contribution in [-0.4, -0.2) is 22.2 Å². The van der Waals surface area contributed by atoms with Gasteiger partial charge in [-0.1, -0.05) is 12.1 Å². The molecule has 0 aliphatic carbocycles.